The molecule has 1 atom stereocenters. The predicted octanol–water partition coefficient (Wildman–Crippen LogP) is -0.161. The van der Waals surface area contributed by atoms with Crippen molar-refractivity contribution in [2.45, 2.75) is 19.6 Å². The van der Waals surface area contributed by atoms with Crippen molar-refractivity contribution < 1.29 is 10.2 Å². The molecule has 3 aromatic rings. The molecule has 9 nitrogen and oxygen atoms in total. The fourth-order valence-corrected chi connectivity index (χ4v) is 2.84. The van der Waals surface area contributed by atoms with Crippen LogP contribution in [0.2, 0.25) is 0 Å². The first-order valence-electron chi connectivity index (χ1n) is 8.12. The molecule has 0 aliphatic rings. The van der Waals surface area contributed by atoms with Crippen LogP contribution in [0.25, 0.3) is 11.2 Å². The summed E-state index contributed by atoms with van der Waals surface area (Å²) in [5.74, 6) is 0.302. The molecule has 0 unspecified atom stereocenters. The van der Waals surface area contributed by atoms with Gasteiger partial charge in [0.1, 0.15) is 0 Å². The molecule has 26 heavy (non-hydrogen) atoms. The maximum atomic E-state index is 12.6. The molecule has 138 valence electrons. The molecule has 0 aliphatic carbocycles. The van der Waals surface area contributed by atoms with Gasteiger partial charge in [-0.1, -0.05) is 12.1 Å². The molecule has 0 amide bonds. The van der Waals surface area contributed by atoms with Gasteiger partial charge >= 0.3 is 5.69 Å². The van der Waals surface area contributed by atoms with Crippen LogP contribution >= 0.6 is 0 Å². The van der Waals surface area contributed by atoms with Gasteiger partial charge in [-0.05, 0) is 24.6 Å². The van der Waals surface area contributed by atoms with Crippen molar-refractivity contribution in [2.75, 3.05) is 11.9 Å². The highest BCUT2D eigenvalue weighted by atomic mass is 16.3. The molecular formula is C17H21N5O4. The number of aliphatic hydroxyl groups is 2. The second kappa shape index (κ2) is 6.77. The fourth-order valence-electron chi connectivity index (χ4n) is 2.84. The number of hydrogen-bond donors (Lipinski definition) is 3. The first kappa shape index (κ1) is 17.9. The minimum Gasteiger partial charge on any atom is -0.394 e. The Morgan fingerprint density at radius 1 is 1.23 bits per heavy atom. The van der Waals surface area contributed by atoms with E-state index in [4.69, 9.17) is 0 Å². The summed E-state index contributed by atoms with van der Waals surface area (Å²) < 4.78 is 3.75. The van der Waals surface area contributed by atoms with Gasteiger partial charge in [-0.3, -0.25) is 13.9 Å². The van der Waals surface area contributed by atoms with Crippen molar-refractivity contribution in [1.82, 2.24) is 18.7 Å². The van der Waals surface area contributed by atoms with Gasteiger partial charge in [-0.15, -0.1) is 0 Å². The lowest BCUT2D eigenvalue weighted by Gasteiger charge is -2.13. The maximum absolute atomic E-state index is 12.6. The third-order valence-corrected chi connectivity index (χ3v) is 4.23. The number of fused-ring (bicyclic) bond motifs is 1. The van der Waals surface area contributed by atoms with Gasteiger partial charge in [-0.25, -0.2) is 4.79 Å². The number of aryl methyl sites for hydroxylation is 2. The van der Waals surface area contributed by atoms with Crippen molar-refractivity contribution in [1.29, 1.82) is 0 Å². The number of rotatable bonds is 5. The molecule has 2 heterocycles. The molecule has 2 aromatic heterocycles. The van der Waals surface area contributed by atoms with E-state index in [9.17, 15) is 19.8 Å². The van der Waals surface area contributed by atoms with Crippen LogP contribution in [0.1, 0.15) is 5.56 Å². The molecule has 3 rings (SSSR count). The Morgan fingerprint density at radius 3 is 2.62 bits per heavy atom. The van der Waals surface area contributed by atoms with Gasteiger partial charge in [0.05, 0.1) is 19.3 Å². The van der Waals surface area contributed by atoms with E-state index in [0.29, 0.717) is 5.95 Å². The number of aliphatic hydroxyl groups excluding tert-OH is 2. The summed E-state index contributed by atoms with van der Waals surface area (Å²) in [4.78, 5) is 29.2. The topological polar surface area (TPSA) is 114 Å². The lowest BCUT2D eigenvalue weighted by molar-refractivity contribution is 0.0825. The van der Waals surface area contributed by atoms with Crippen molar-refractivity contribution in [3.63, 3.8) is 0 Å². The Bertz CT molecular complexity index is 1080. The van der Waals surface area contributed by atoms with Crippen molar-refractivity contribution >= 4 is 22.8 Å². The van der Waals surface area contributed by atoms with Gasteiger partial charge in [0, 0.05) is 19.8 Å². The van der Waals surface area contributed by atoms with Crippen LogP contribution in [0.4, 0.5) is 11.6 Å². The average molecular weight is 359 g/mol. The van der Waals surface area contributed by atoms with Crippen LogP contribution in [-0.4, -0.2) is 41.6 Å². The highest BCUT2D eigenvalue weighted by molar-refractivity contribution is 5.75. The normalized spacial score (nSPS) is 12.5. The smallest absolute Gasteiger partial charge is 0.332 e. The molecule has 0 aliphatic heterocycles. The van der Waals surface area contributed by atoms with E-state index in [2.05, 4.69) is 10.3 Å². The standard InChI is InChI=1S/C17H21N5O4/c1-10-5-4-6-11(7-10)18-16-19-14-13(22(16)8-12(24)9-23)15(25)21(3)17(26)20(14)2/h4-7,12,23-24H,8-9H2,1-3H3,(H,18,19)/t12-/m1/s1. The summed E-state index contributed by atoms with van der Waals surface area (Å²) >= 11 is 0. The van der Waals surface area contributed by atoms with Gasteiger partial charge in [-0.2, -0.15) is 4.98 Å². The van der Waals surface area contributed by atoms with Crippen LogP contribution < -0.4 is 16.6 Å². The van der Waals surface area contributed by atoms with Crippen LogP contribution in [0.3, 0.4) is 0 Å². The molecule has 9 heteroatoms. The maximum Gasteiger partial charge on any atom is 0.332 e. The zero-order chi connectivity index (χ0) is 19.0. The molecule has 0 bridgehead atoms. The Balaban J connectivity index is 2.25. The molecule has 0 radical (unpaired) electrons. The van der Waals surface area contributed by atoms with E-state index in [1.54, 1.807) is 0 Å². The van der Waals surface area contributed by atoms with E-state index >= 15 is 0 Å². The fraction of sp³-hybridized carbons (Fsp3) is 0.353. The van der Waals surface area contributed by atoms with E-state index in [-0.39, 0.29) is 17.7 Å². The molecule has 0 saturated carbocycles. The Hall–Kier alpha value is -2.91. The summed E-state index contributed by atoms with van der Waals surface area (Å²) in [5, 5.41) is 22.2. The predicted molar refractivity (Wildman–Crippen MR) is 97.8 cm³/mol. The summed E-state index contributed by atoms with van der Waals surface area (Å²) in [7, 11) is 2.91. The molecular weight excluding hydrogens is 338 g/mol. The van der Waals surface area contributed by atoms with E-state index in [1.165, 1.54) is 23.2 Å². The molecule has 0 fully saturated rings. The largest absolute Gasteiger partial charge is 0.394 e. The Labute approximate surface area is 148 Å². The lowest BCUT2D eigenvalue weighted by atomic mass is 10.2. The average Bonchev–Trinajstić information content (AvgIpc) is 2.96. The van der Waals surface area contributed by atoms with Gasteiger partial charge in [0.25, 0.3) is 5.56 Å². The summed E-state index contributed by atoms with van der Waals surface area (Å²) in [6, 6.07) is 7.57. The number of imidazole rings is 1. The van der Waals surface area contributed by atoms with Gasteiger partial charge in [0.2, 0.25) is 5.95 Å². The molecule has 1 aromatic carbocycles. The van der Waals surface area contributed by atoms with Crippen LogP contribution in [0.15, 0.2) is 33.9 Å². The quantitative estimate of drug-likeness (QED) is 0.583. The SMILES string of the molecule is Cc1cccc(Nc2nc3c(c(=O)n(C)c(=O)n3C)n2C[C@@H](O)CO)c1. The third kappa shape index (κ3) is 3.02. The lowest BCUT2D eigenvalue weighted by Crippen LogP contribution is -2.38. The van der Waals surface area contributed by atoms with Gasteiger partial charge in [0.15, 0.2) is 11.2 Å². The minimum atomic E-state index is -1.08. The second-order valence-corrected chi connectivity index (χ2v) is 6.25. The number of hydrogen-bond acceptors (Lipinski definition) is 6. The van der Waals surface area contributed by atoms with Gasteiger partial charge < -0.3 is 20.1 Å². The van der Waals surface area contributed by atoms with Crippen LogP contribution in [-0.2, 0) is 20.6 Å². The van der Waals surface area contributed by atoms with E-state index in [1.807, 2.05) is 31.2 Å². The molecule has 3 N–H and O–H groups in total. The Kier molecular flexibility index (Phi) is 4.66. The summed E-state index contributed by atoms with van der Waals surface area (Å²) in [5.41, 5.74) is 1.17. The zero-order valence-corrected chi connectivity index (χ0v) is 14.8. The monoisotopic (exact) mass is 359 g/mol. The van der Waals surface area contributed by atoms with Crippen LogP contribution in [0.5, 0.6) is 0 Å². The summed E-state index contributed by atoms with van der Waals surface area (Å²) in [6.45, 7) is 1.44. The first-order chi connectivity index (χ1) is 12.3. The van der Waals surface area contributed by atoms with E-state index < -0.39 is 24.0 Å². The number of nitrogens with zero attached hydrogens (tertiary/aromatic N) is 4. The minimum absolute atomic E-state index is 0.0470. The number of aromatic nitrogens is 4. The summed E-state index contributed by atoms with van der Waals surface area (Å²) in [6.07, 6.45) is -1.08. The molecule has 0 saturated heterocycles. The van der Waals surface area contributed by atoms with Crippen LogP contribution in [0, 0.1) is 6.92 Å². The molecule has 0 spiro atoms. The zero-order valence-electron chi connectivity index (χ0n) is 14.8. The van der Waals surface area contributed by atoms with Crippen molar-refractivity contribution in [3.05, 3.63) is 50.7 Å². The van der Waals surface area contributed by atoms with Crippen molar-refractivity contribution in [2.24, 2.45) is 14.1 Å². The number of anilines is 2. The number of benzene rings is 1. The van der Waals surface area contributed by atoms with E-state index in [0.717, 1.165) is 15.8 Å². The van der Waals surface area contributed by atoms with Crippen molar-refractivity contribution in [3.8, 4) is 0 Å². The third-order valence-electron chi connectivity index (χ3n) is 4.23. The highest BCUT2D eigenvalue weighted by Gasteiger charge is 2.21. The Morgan fingerprint density at radius 2 is 1.96 bits per heavy atom. The number of nitrogens with one attached hydrogen (secondary N) is 1. The first-order valence-corrected chi connectivity index (χ1v) is 8.12. The highest BCUT2D eigenvalue weighted by Crippen LogP contribution is 2.21. The second-order valence-electron chi connectivity index (χ2n) is 6.25.